The number of rotatable bonds is 3. The van der Waals surface area contributed by atoms with Crippen LogP contribution in [0.3, 0.4) is 0 Å². The number of para-hydroxylation sites is 3. The number of aromatic nitrogens is 4. The molecule has 0 atom stereocenters. The fraction of sp³-hybridized carbons (Fsp3) is 0.0233. The van der Waals surface area contributed by atoms with Gasteiger partial charge >= 0.3 is 0 Å². The van der Waals surface area contributed by atoms with E-state index in [1.54, 1.807) is 0 Å². The van der Waals surface area contributed by atoms with E-state index < -0.39 is 0 Å². The summed E-state index contributed by atoms with van der Waals surface area (Å²) < 4.78 is 4.64. The minimum absolute atomic E-state index is 0.666. The van der Waals surface area contributed by atoms with Crippen molar-refractivity contribution in [3.63, 3.8) is 0 Å². The summed E-state index contributed by atoms with van der Waals surface area (Å²) in [6.45, 7) is 2.13. The summed E-state index contributed by atoms with van der Waals surface area (Å²) in [4.78, 5) is 10.6. The molecule has 0 amide bonds. The summed E-state index contributed by atoms with van der Waals surface area (Å²) >= 11 is 0. The highest BCUT2D eigenvalue weighted by atomic mass is 15.2. The van der Waals surface area contributed by atoms with Crippen LogP contribution in [0.2, 0.25) is 0 Å². The molecule has 0 bridgehead atoms. The van der Waals surface area contributed by atoms with E-state index in [1.807, 2.05) is 0 Å². The molecule has 47 heavy (non-hydrogen) atoms. The fourth-order valence-electron chi connectivity index (χ4n) is 7.43. The molecule has 0 aliphatic rings. The van der Waals surface area contributed by atoms with Crippen molar-refractivity contribution in [1.29, 1.82) is 0 Å². The molecule has 0 radical (unpaired) electrons. The van der Waals surface area contributed by atoms with Gasteiger partial charge in [-0.3, -0.25) is 4.57 Å². The molecular weight excluding hydrogens is 573 g/mol. The zero-order valence-corrected chi connectivity index (χ0v) is 25.7. The van der Waals surface area contributed by atoms with E-state index in [4.69, 9.17) is 9.97 Å². The topological polar surface area (TPSA) is 35.6 Å². The molecule has 0 aliphatic carbocycles. The summed E-state index contributed by atoms with van der Waals surface area (Å²) in [5, 5.41) is 8.31. The van der Waals surface area contributed by atoms with E-state index >= 15 is 0 Å². The number of benzene rings is 7. The standard InChI is InChI=1S/C43H28N4/c1-27-18-22-31(23-19-27)46-36-16-8-5-13-33(36)40-38(46)24-25-39-41(40)34-14-6-9-17-37(34)47(39)43-44-35-15-7-4-12-32(35)42(45-43)30-21-20-28-10-2-3-11-29(28)26-30/h2-26H,1H3. The highest BCUT2D eigenvalue weighted by Gasteiger charge is 2.22. The summed E-state index contributed by atoms with van der Waals surface area (Å²) in [7, 11) is 0. The lowest BCUT2D eigenvalue weighted by Gasteiger charge is -2.12. The average molecular weight is 601 g/mol. The van der Waals surface area contributed by atoms with E-state index in [9.17, 15) is 0 Å². The van der Waals surface area contributed by atoms with Crippen molar-refractivity contribution in [3.05, 3.63) is 157 Å². The molecule has 10 aromatic rings. The molecule has 0 N–H and O–H groups in total. The van der Waals surface area contributed by atoms with Gasteiger partial charge in [0.2, 0.25) is 5.95 Å². The molecule has 3 aromatic heterocycles. The Morgan fingerprint density at radius 2 is 1.04 bits per heavy atom. The van der Waals surface area contributed by atoms with Gasteiger partial charge in [0.15, 0.2) is 0 Å². The van der Waals surface area contributed by atoms with Crippen LogP contribution < -0.4 is 0 Å². The first-order valence-corrected chi connectivity index (χ1v) is 16.0. The summed E-state index contributed by atoms with van der Waals surface area (Å²) in [6, 6.07) is 54.1. The third-order valence-electron chi connectivity index (χ3n) is 9.58. The number of hydrogen-bond acceptors (Lipinski definition) is 2. The summed E-state index contributed by atoms with van der Waals surface area (Å²) in [5.74, 6) is 0.666. The molecule has 0 saturated heterocycles. The first kappa shape index (κ1) is 26.0. The number of nitrogens with zero attached hydrogens (tertiary/aromatic N) is 4. The number of hydrogen-bond donors (Lipinski definition) is 0. The van der Waals surface area contributed by atoms with Gasteiger partial charge in [0.05, 0.1) is 33.3 Å². The van der Waals surface area contributed by atoms with Gasteiger partial charge in [-0.25, -0.2) is 9.97 Å². The summed E-state index contributed by atoms with van der Waals surface area (Å²) in [5.41, 5.74) is 9.88. The van der Waals surface area contributed by atoms with Crippen LogP contribution in [0.4, 0.5) is 0 Å². The van der Waals surface area contributed by atoms with Crippen molar-refractivity contribution in [3.8, 4) is 22.9 Å². The Morgan fingerprint density at radius 1 is 0.447 bits per heavy atom. The second-order valence-electron chi connectivity index (χ2n) is 12.3. The van der Waals surface area contributed by atoms with E-state index in [2.05, 4.69) is 168 Å². The highest BCUT2D eigenvalue weighted by Crippen LogP contribution is 2.42. The lowest BCUT2D eigenvalue weighted by Crippen LogP contribution is -2.03. The lowest BCUT2D eigenvalue weighted by molar-refractivity contribution is 1.01. The molecule has 3 heterocycles. The Labute approximate surface area is 270 Å². The normalized spacial score (nSPS) is 11.9. The van der Waals surface area contributed by atoms with Crippen LogP contribution in [0, 0.1) is 6.92 Å². The molecule has 4 heteroatoms. The van der Waals surface area contributed by atoms with Crippen LogP contribution in [-0.4, -0.2) is 19.1 Å². The maximum absolute atomic E-state index is 5.37. The Hall–Kier alpha value is -6.26. The largest absolute Gasteiger partial charge is 0.309 e. The Balaban J connectivity index is 1.31. The van der Waals surface area contributed by atoms with Crippen LogP contribution in [0.5, 0.6) is 0 Å². The minimum Gasteiger partial charge on any atom is -0.309 e. The van der Waals surface area contributed by atoms with Crippen molar-refractivity contribution in [2.75, 3.05) is 0 Å². The predicted molar refractivity (Wildman–Crippen MR) is 196 cm³/mol. The molecule has 0 saturated carbocycles. The van der Waals surface area contributed by atoms with Crippen LogP contribution >= 0.6 is 0 Å². The van der Waals surface area contributed by atoms with Gasteiger partial charge in [-0.2, -0.15) is 0 Å². The van der Waals surface area contributed by atoms with Gasteiger partial charge in [-0.15, -0.1) is 0 Å². The van der Waals surface area contributed by atoms with Crippen molar-refractivity contribution >= 4 is 65.3 Å². The van der Waals surface area contributed by atoms with Gasteiger partial charge in [0.1, 0.15) is 0 Å². The van der Waals surface area contributed by atoms with Crippen LogP contribution in [-0.2, 0) is 0 Å². The van der Waals surface area contributed by atoms with Crippen molar-refractivity contribution in [1.82, 2.24) is 19.1 Å². The molecule has 7 aromatic carbocycles. The Bertz CT molecular complexity index is 2850. The monoisotopic (exact) mass is 600 g/mol. The third kappa shape index (κ3) is 3.82. The van der Waals surface area contributed by atoms with Gasteiger partial charge < -0.3 is 4.57 Å². The SMILES string of the molecule is Cc1ccc(-n2c3ccccc3c3c4c5ccccc5n(-c5nc(-c6ccc7ccccc7c6)c6ccccc6n5)c4ccc32)cc1. The first-order chi connectivity index (χ1) is 23.2. The maximum atomic E-state index is 5.37. The number of aryl methyl sites for hydroxylation is 1. The van der Waals surface area contributed by atoms with Crippen LogP contribution in [0.15, 0.2) is 152 Å². The van der Waals surface area contributed by atoms with Crippen molar-refractivity contribution in [2.45, 2.75) is 6.92 Å². The average Bonchev–Trinajstić information content (AvgIpc) is 3.64. The van der Waals surface area contributed by atoms with E-state index in [1.165, 1.54) is 48.9 Å². The third-order valence-corrected chi connectivity index (χ3v) is 9.58. The van der Waals surface area contributed by atoms with Gasteiger partial charge in [-0.05, 0) is 66.2 Å². The Kier molecular flexibility index (Phi) is 5.46. The smallest absolute Gasteiger partial charge is 0.235 e. The molecule has 0 unspecified atom stereocenters. The molecular formula is C43H28N4. The van der Waals surface area contributed by atoms with E-state index in [0.29, 0.717) is 5.95 Å². The first-order valence-electron chi connectivity index (χ1n) is 16.0. The molecule has 0 fully saturated rings. The minimum atomic E-state index is 0.666. The molecule has 0 aliphatic heterocycles. The zero-order chi connectivity index (χ0) is 31.1. The van der Waals surface area contributed by atoms with Gasteiger partial charge in [0.25, 0.3) is 0 Å². The second-order valence-corrected chi connectivity index (χ2v) is 12.3. The highest BCUT2D eigenvalue weighted by molar-refractivity contribution is 6.28. The predicted octanol–water partition coefficient (Wildman–Crippen LogP) is 11.0. The van der Waals surface area contributed by atoms with Crippen molar-refractivity contribution in [2.24, 2.45) is 0 Å². The van der Waals surface area contributed by atoms with Crippen LogP contribution in [0.1, 0.15) is 5.56 Å². The molecule has 0 spiro atoms. The van der Waals surface area contributed by atoms with Crippen molar-refractivity contribution < 1.29 is 0 Å². The zero-order valence-electron chi connectivity index (χ0n) is 25.7. The molecule has 4 nitrogen and oxygen atoms in total. The Morgan fingerprint density at radius 3 is 1.79 bits per heavy atom. The molecule has 10 rings (SSSR count). The fourth-order valence-corrected chi connectivity index (χ4v) is 7.43. The quantitative estimate of drug-likeness (QED) is 0.202. The number of fused-ring (bicyclic) bond motifs is 9. The van der Waals surface area contributed by atoms with E-state index in [0.717, 1.165) is 38.9 Å². The van der Waals surface area contributed by atoms with E-state index in [-0.39, 0.29) is 0 Å². The van der Waals surface area contributed by atoms with Crippen LogP contribution in [0.25, 0.3) is 88.2 Å². The summed E-state index contributed by atoms with van der Waals surface area (Å²) in [6.07, 6.45) is 0. The van der Waals surface area contributed by atoms with Gasteiger partial charge in [0, 0.05) is 38.2 Å². The second kappa shape index (κ2) is 9.87. The maximum Gasteiger partial charge on any atom is 0.235 e. The molecule has 220 valence electrons. The van der Waals surface area contributed by atoms with Gasteiger partial charge in [-0.1, -0.05) is 109 Å². The lowest BCUT2D eigenvalue weighted by atomic mass is 10.0.